The normalized spacial score (nSPS) is 32.6. The van der Waals surface area contributed by atoms with Gasteiger partial charge in [0.05, 0.1) is 0 Å². The molecule has 0 radical (unpaired) electrons. The number of hydrogen-bond acceptors (Lipinski definition) is 0. The fraction of sp³-hybridized carbons (Fsp3) is 0.750. The zero-order chi connectivity index (χ0) is 7.40. The molecule has 0 spiro atoms. The van der Waals surface area contributed by atoms with Gasteiger partial charge in [-0.05, 0) is 24.7 Å². The van der Waals surface area contributed by atoms with Gasteiger partial charge in [-0.15, -0.1) is 0 Å². The molecule has 1 aliphatic carbocycles. The largest absolute Gasteiger partial charge is 0.0882 e. The fourth-order valence-electron chi connectivity index (χ4n) is 1.30. The van der Waals surface area contributed by atoms with E-state index in [1.54, 1.807) is 0 Å². The molecule has 2 atom stereocenters. The summed E-state index contributed by atoms with van der Waals surface area (Å²) in [6, 6.07) is 0. The Kier molecular flexibility index (Phi) is 4.60. The highest BCUT2D eigenvalue weighted by molar-refractivity contribution is 14.1. The summed E-state index contributed by atoms with van der Waals surface area (Å²) in [7, 11) is 0. The van der Waals surface area contributed by atoms with E-state index >= 15 is 0 Å². The third-order valence-corrected chi connectivity index (χ3v) is 4.37. The van der Waals surface area contributed by atoms with E-state index in [9.17, 15) is 0 Å². The van der Waals surface area contributed by atoms with E-state index in [4.69, 9.17) is 0 Å². The quantitative estimate of drug-likeness (QED) is 0.401. The fourth-order valence-corrected chi connectivity index (χ4v) is 3.46. The number of allylic oxidation sites excluding steroid dienone is 2. The molecule has 0 heterocycles. The minimum Gasteiger partial charge on any atom is -0.0882 e. The van der Waals surface area contributed by atoms with Crippen LogP contribution in [0.5, 0.6) is 0 Å². The van der Waals surface area contributed by atoms with Crippen molar-refractivity contribution in [2.75, 3.05) is 8.86 Å². The van der Waals surface area contributed by atoms with Crippen LogP contribution in [0.4, 0.5) is 0 Å². The monoisotopic (exact) mass is 362 g/mol. The predicted molar refractivity (Wildman–Crippen MR) is 63.1 cm³/mol. The summed E-state index contributed by atoms with van der Waals surface area (Å²) < 4.78 is 2.66. The van der Waals surface area contributed by atoms with Crippen LogP contribution in [0, 0.1) is 11.8 Å². The molecule has 0 fully saturated rings. The first-order chi connectivity index (χ1) is 4.88. The van der Waals surface area contributed by atoms with Crippen molar-refractivity contribution in [3.63, 3.8) is 0 Å². The predicted octanol–water partition coefficient (Wildman–Crippen LogP) is 3.44. The second-order valence-electron chi connectivity index (χ2n) is 2.77. The van der Waals surface area contributed by atoms with Crippen LogP contribution in [0.25, 0.3) is 0 Å². The molecule has 0 aliphatic heterocycles. The molecule has 0 aromatic heterocycles. The average molecular weight is 362 g/mol. The topological polar surface area (TPSA) is 0 Å². The van der Waals surface area contributed by atoms with E-state index < -0.39 is 0 Å². The first kappa shape index (κ1) is 9.29. The lowest BCUT2D eigenvalue weighted by Gasteiger charge is -2.24. The molecular formula is C8H12I2. The van der Waals surface area contributed by atoms with Crippen molar-refractivity contribution in [1.29, 1.82) is 0 Å². The van der Waals surface area contributed by atoms with Crippen molar-refractivity contribution < 1.29 is 0 Å². The zero-order valence-electron chi connectivity index (χ0n) is 5.89. The molecule has 0 saturated heterocycles. The minimum absolute atomic E-state index is 0.961. The van der Waals surface area contributed by atoms with E-state index in [2.05, 4.69) is 57.3 Å². The van der Waals surface area contributed by atoms with Gasteiger partial charge in [0.25, 0.3) is 0 Å². The van der Waals surface area contributed by atoms with Crippen LogP contribution in [0.15, 0.2) is 12.2 Å². The summed E-state index contributed by atoms with van der Waals surface area (Å²) in [6.45, 7) is 0. The van der Waals surface area contributed by atoms with Gasteiger partial charge < -0.3 is 0 Å². The number of alkyl halides is 2. The molecule has 0 N–H and O–H groups in total. The third kappa shape index (κ3) is 2.36. The zero-order valence-corrected chi connectivity index (χ0v) is 10.2. The molecule has 0 amide bonds. The summed E-state index contributed by atoms with van der Waals surface area (Å²) in [5.41, 5.74) is 0. The molecule has 1 aliphatic rings. The summed E-state index contributed by atoms with van der Waals surface area (Å²) >= 11 is 5.02. The lowest BCUT2D eigenvalue weighted by atomic mass is 9.86. The first-order valence-corrected chi connectivity index (χ1v) is 6.70. The second-order valence-corrected chi connectivity index (χ2v) is 4.53. The highest BCUT2D eigenvalue weighted by atomic mass is 127. The van der Waals surface area contributed by atoms with Gasteiger partial charge in [-0.1, -0.05) is 57.3 Å². The van der Waals surface area contributed by atoms with Gasteiger partial charge in [0, 0.05) is 8.86 Å². The van der Waals surface area contributed by atoms with Crippen LogP contribution in [0.1, 0.15) is 12.8 Å². The Balaban J connectivity index is 2.45. The molecule has 0 unspecified atom stereocenters. The van der Waals surface area contributed by atoms with E-state index in [1.165, 1.54) is 21.7 Å². The maximum Gasteiger partial charge on any atom is 0.00296 e. The molecule has 0 aromatic carbocycles. The molecule has 0 aromatic rings. The molecule has 2 heteroatoms. The van der Waals surface area contributed by atoms with Crippen LogP contribution in [0.3, 0.4) is 0 Å². The van der Waals surface area contributed by atoms with Gasteiger partial charge in [0.15, 0.2) is 0 Å². The van der Waals surface area contributed by atoms with E-state index in [0.29, 0.717) is 0 Å². The van der Waals surface area contributed by atoms with Crippen LogP contribution in [-0.4, -0.2) is 8.86 Å². The Morgan fingerprint density at radius 2 is 1.40 bits per heavy atom. The molecule has 0 nitrogen and oxygen atoms in total. The van der Waals surface area contributed by atoms with Crippen molar-refractivity contribution in [3.8, 4) is 0 Å². The number of halogens is 2. The second kappa shape index (κ2) is 4.95. The van der Waals surface area contributed by atoms with Crippen LogP contribution < -0.4 is 0 Å². The third-order valence-electron chi connectivity index (χ3n) is 2.11. The highest BCUT2D eigenvalue weighted by Gasteiger charge is 2.19. The highest BCUT2D eigenvalue weighted by Crippen LogP contribution is 2.28. The summed E-state index contributed by atoms with van der Waals surface area (Å²) in [5, 5.41) is 0. The lowest BCUT2D eigenvalue weighted by Crippen LogP contribution is -2.18. The van der Waals surface area contributed by atoms with Crippen LogP contribution in [-0.2, 0) is 0 Å². The molecule has 0 bridgehead atoms. The Morgan fingerprint density at radius 3 is 1.70 bits per heavy atom. The summed E-state index contributed by atoms with van der Waals surface area (Å²) in [4.78, 5) is 0. The maximum absolute atomic E-state index is 2.51. The molecule has 10 heavy (non-hydrogen) atoms. The molecule has 1 rings (SSSR count). The van der Waals surface area contributed by atoms with Crippen molar-refractivity contribution in [2.45, 2.75) is 12.8 Å². The van der Waals surface area contributed by atoms with Gasteiger partial charge in [-0.2, -0.15) is 0 Å². The Morgan fingerprint density at radius 1 is 1.00 bits per heavy atom. The van der Waals surface area contributed by atoms with E-state index in [0.717, 1.165) is 11.8 Å². The average Bonchev–Trinajstić information content (AvgIpc) is 2.04. The minimum atomic E-state index is 0.961. The van der Waals surface area contributed by atoms with Gasteiger partial charge in [-0.25, -0.2) is 0 Å². The molecule has 58 valence electrons. The van der Waals surface area contributed by atoms with Crippen LogP contribution >= 0.6 is 45.2 Å². The van der Waals surface area contributed by atoms with Gasteiger partial charge >= 0.3 is 0 Å². The molecule has 0 saturated carbocycles. The van der Waals surface area contributed by atoms with Crippen molar-refractivity contribution in [1.82, 2.24) is 0 Å². The van der Waals surface area contributed by atoms with E-state index in [-0.39, 0.29) is 0 Å². The first-order valence-electron chi connectivity index (χ1n) is 3.65. The maximum atomic E-state index is 2.51. The van der Waals surface area contributed by atoms with Gasteiger partial charge in [-0.3, -0.25) is 0 Å². The smallest absolute Gasteiger partial charge is 0.00296 e. The van der Waals surface area contributed by atoms with Crippen molar-refractivity contribution in [2.24, 2.45) is 11.8 Å². The van der Waals surface area contributed by atoms with Gasteiger partial charge in [0.2, 0.25) is 0 Å². The SMILES string of the molecule is IC[C@H]1CC=CC[C@@H]1CI. The van der Waals surface area contributed by atoms with Crippen LogP contribution in [0.2, 0.25) is 0 Å². The van der Waals surface area contributed by atoms with E-state index in [1.807, 2.05) is 0 Å². The Hall–Kier alpha value is 1.20. The van der Waals surface area contributed by atoms with Crippen molar-refractivity contribution in [3.05, 3.63) is 12.2 Å². The standard InChI is InChI=1S/C8H12I2/c9-5-7-3-1-2-4-8(7)6-10/h1-2,7-8H,3-6H2/t7-,8-/m1/s1. The summed E-state index contributed by atoms with van der Waals surface area (Å²) in [5.74, 6) is 1.92. The summed E-state index contributed by atoms with van der Waals surface area (Å²) in [6.07, 6.45) is 7.31. The number of rotatable bonds is 2. The number of hydrogen-bond donors (Lipinski definition) is 0. The lowest BCUT2D eigenvalue weighted by molar-refractivity contribution is 0.402. The Labute approximate surface area is 90.1 Å². The Bertz CT molecular complexity index is 106. The molecular weight excluding hydrogens is 350 g/mol. The van der Waals surface area contributed by atoms with Crippen molar-refractivity contribution >= 4 is 45.2 Å². The van der Waals surface area contributed by atoms with Gasteiger partial charge in [0.1, 0.15) is 0 Å².